The molecular weight excluding hydrogens is 1180 g/mol. The summed E-state index contributed by atoms with van der Waals surface area (Å²) >= 11 is 0. The molecule has 2 aliphatic heterocycles. The molecule has 8 nitrogen and oxygen atoms in total. The zero-order valence-electron chi connectivity index (χ0n) is 62.4. The molecule has 0 saturated heterocycles. The van der Waals surface area contributed by atoms with Crippen LogP contribution in [0.25, 0.3) is 22.3 Å². The lowest BCUT2D eigenvalue weighted by Crippen LogP contribution is -2.29. The highest BCUT2D eigenvalue weighted by Crippen LogP contribution is 2.55. The van der Waals surface area contributed by atoms with E-state index in [1.54, 1.807) is 0 Å². The Labute approximate surface area is 581 Å². The van der Waals surface area contributed by atoms with Crippen LogP contribution in [0.2, 0.25) is 0 Å². The number of phenolic OH excluding ortho intramolecular Hbond substituents is 2. The molecule has 0 spiro atoms. The zero-order chi connectivity index (χ0) is 68.8. The molecule has 6 aromatic carbocycles. The van der Waals surface area contributed by atoms with E-state index in [9.17, 15) is 10.2 Å². The summed E-state index contributed by atoms with van der Waals surface area (Å²) in [5.41, 5.74) is 15.3. The Morgan fingerprint density at radius 1 is 0.427 bits per heavy atom. The van der Waals surface area contributed by atoms with Crippen LogP contribution in [0.4, 0.5) is 0 Å². The summed E-state index contributed by atoms with van der Waals surface area (Å²) in [6.07, 6.45) is 25.1. The van der Waals surface area contributed by atoms with Gasteiger partial charge in [-0.2, -0.15) is 0 Å². The van der Waals surface area contributed by atoms with E-state index in [2.05, 4.69) is 184 Å². The lowest BCUT2D eigenvalue weighted by molar-refractivity contribution is 0.104. The monoisotopic (exact) mass is 1310 g/mol. The van der Waals surface area contributed by atoms with Crippen molar-refractivity contribution in [3.8, 4) is 68.2 Å². The molecule has 96 heavy (non-hydrogen) atoms. The van der Waals surface area contributed by atoms with Crippen molar-refractivity contribution < 1.29 is 38.6 Å². The van der Waals surface area contributed by atoms with Crippen molar-refractivity contribution in [1.29, 1.82) is 0 Å². The summed E-state index contributed by atoms with van der Waals surface area (Å²) < 4.78 is 40.1. The van der Waals surface area contributed by atoms with Crippen LogP contribution in [-0.2, 0) is 36.9 Å². The summed E-state index contributed by atoms with van der Waals surface area (Å²) in [6, 6.07) is 30.7. The molecule has 2 aliphatic carbocycles. The third kappa shape index (κ3) is 18.3. The van der Waals surface area contributed by atoms with Crippen molar-refractivity contribution in [3.05, 3.63) is 141 Å². The van der Waals surface area contributed by atoms with Gasteiger partial charge in [0, 0.05) is 22.3 Å². The molecule has 0 unspecified atom stereocenters. The predicted octanol–water partition coefficient (Wildman–Crippen LogP) is 24.2. The van der Waals surface area contributed by atoms with Crippen molar-refractivity contribution in [3.63, 3.8) is 0 Å². The van der Waals surface area contributed by atoms with Gasteiger partial charge in [-0.25, -0.2) is 0 Å². The lowest BCUT2D eigenvalue weighted by atomic mass is 9.67. The first-order valence-corrected chi connectivity index (χ1v) is 38.2. The SMILES string of the molecule is CCCCCc1cc(OCCOc2cc(CCCCC)cc(O)c2[C@@H]2C[C@@H](C)CC[C@H]2C(C)C)c2c(c1)OC(C)(C)c1ccc(C)cc1-2.CCCCCc1cc(OCCOc2cc(CCCCC)cc(O)c2[C@@H]2C[C@H](C)CC[C@H]2C(C)C)c2c(c1)OC(C)(C)c1ccc(C)cc1-2. The van der Waals surface area contributed by atoms with Gasteiger partial charge in [-0.3, -0.25) is 0 Å². The summed E-state index contributed by atoms with van der Waals surface area (Å²) in [7, 11) is 0. The molecule has 8 heteroatoms. The highest BCUT2D eigenvalue weighted by Gasteiger charge is 2.40. The molecule has 2 saturated carbocycles. The number of aryl methyl sites for hydroxylation is 6. The maximum Gasteiger partial charge on any atom is 0.132 e. The molecule has 6 aromatic rings. The molecule has 2 heterocycles. The summed E-state index contributed by atoms with van der Waals surface area (Å²) in [6.45, 7) is 37.5. The van der Waals surface area contributed by atoms with E-state index in [0.717, 1.165) is 132 Å². The number of phenols is 2. The molecular formula is C88H124O8. The highest BCUT2D eigenvalue weighted by molar-refractivity contribution is 5.84. The minimum absolute atomic E-state index is 0.293. The normalized spacial score (nSPS) is 19.8. The van der Waals surface area contributed by atoms with E-state index in [-0.39, 0.29) is 0 Å². The summed E-state index contributed by atoms with van der Waals surface area (Å²) in [4.78, 5) is 0. The maximum atomic E-state index is 11.6. The average Bonchev–Trinajstić information content (AvgIpc) is 0.752. The second-order valence-electron chi connectivity index (χ2n) is 31.4. The smallest absolute Gasteiger partial charge is 0.132 e. The Balaban J connectivity index is 0.000000225. The fourth-order valence-electron chi connectivity index (χ4n) is 16.5. The van der Waals surface area contributed by atoms with Crippen LogP contribution in [0.15, 0.2) is 84.9 Å². The van der Waals surface area contributed by atoms with Gasteiger partial charge in [-0.05, 0) is 248 Å². The Bertz CT molecular complexity index is 3270. The molecule has 10 rings (SSSR count). The lowest BCUT2D eigenvalue weighted by Gasteiger charge is -2.38. The molecule has 4 aliphatic rings. The zero-order valence-corrected chi connectivity index (χ0v) is 62.4. The Kier molecular flexibility index (Phi) is 26.2. The number of ether oxygens (including phenoxy) is 6. The molecule has 0 radical (unpaired) electrons. The van der Waals surface area contributed by atoms with Gasteiger partial charge >= 0.3 is 0 Å². The van der Waals surface area contributed by atoms with E-state index in [1.165, 1.54) is 122 Å². The number of unbranched alkanes of at least 4 members (excludes halogenated alkanes) is 8. The van der Waals surface area contributed by atoms with Crippen LogP contribution in [0, 0.1) is 49.4 Å². The van der Waals surface area contributed by atoms with Crippen molar-refractivity contribution in [2.45, 2.75) is 275 Å². The van der Waals surface area contributed by atoms with Crippen LogP contribution in [0.1, 0.15) is 280 Å². The van der Waals surface area contributed by atoms with Crippen molar-refractivity contribution in [2.75, 3.05) is 26.4 Å². The quantitative estimate of drug-likeness (QED) is 0.0431. The third-order valence-corrected chi connectivity index (χ3v) is 21.8. The summed E-state index contributed by atoms with van der Waals surface area (Å²) in [5, 5.41) is 23.2. The topological polar surface area (TPSA) is 95.8 Å². The van der Waals surface area contributed by atoms with Crippen LogP contribution >= 0.6 is 0 Å². The van der Waals surface area contributed by atoms with Crippen molar-refractivity contribution in [1.82, 2.24) is 0 Å². The standard InChI is InChI=1S/2C44H62O4/c2*1-9-11-13-15-32-25-38(45)42(35-23-30(5)17-19-34(35)29(3)4)39(26-32)46-21-22-47-40-27-33(16-14-12-10-2)28-41-43(40)36-24-31(6)18-20-37(36)44(7,8)48-41/h2*18,20,24-30,34-35,45H,9-17,19,21-23H2,1-8H3/t30-,34+,35-;30-,34-,35+/m10/s1. The van der Waals surface area contributed by atoms with E-state index < -0.39 is 11.2 Å². The van der Waals surface area contributed by atoms with Crippen LogP contribution < -0.4 is 28.4 Å². The molecule has 0 aromatic heterocycles. The third-order valence-electron chi connectivity index (χ3n) is 21.8. The average molecular weight is 1310 g/mol. The first-order chi connectivity index (χ1) is 46.0. The molecule has 6 atom stereocenters. The largest absolute Gasteiger partial charge is 0.508 e. The minimum atomic E-state index is -0.427. The Hall–Kier alpha value is -6.28. The molecule has 0 bridgehead atoms. The number of benzene rings is 6. The van der Waals surface area contributed by atoms with Gasteiger partial charge in [0.05, 0.1) is 11.1 Å². The first-order valence-electron chi connectivity index (χ1n) is 38.2. The Morgan fingerprint density at radius 3 is 1.08 bits per heavy atom. The van der Waals surface area contributed by atoms with Gasteiger partial charge in [-0.1, -0.05) is 181 Å². The van der Waals surface area contributed by atoms with Gasteiger partial charge in [-0.15, -0.1) is 0 Å². The maximum absolute atomic E-state index is 11.6. The van der Waals surface area contributed by atoms with Gasteiger partial charge in [0.2, 0.25) is 0 Å². The fraction of sp³-hybridized carbons (Fsp3) is 0.591. The van der Waals surface area contributed by atoms with E-state index in [0.29, 0.717) is 85.3 Å². The van der Waals surface area contributed by atoms with Crippen LogP contribution in [-0.4, -0.2) is 36.6 Å². The van der Waals surface area contributed by atoms with Crippen LogP contribution in [0.5, 0.6) is 46.0 Å². The number of hydrogen-bond donors (Lipinski definition) is 2. The second-order valence-corrected chi connectivity index (χ2v) is 31.4. The van der Waals surface area contributed by atoms with Gasteiger partial charge in [0.15, 0.2) is 0 Å². The molecule has 0 amide bonds. The van der Waals surface area contributed by atoms with Crippen molar-refractivity contribution >= 4 is 0 Å². The highest BCUT2D eigenvalue weighted by atomic mass is 16.5. The molecule has 2 N–H and O–H groups in total. The molecule has 524 valence electrons. The van der Waals surface area contributed by atoms with Crippen molar-refractivity contribution in [2.24, 2.45) is 35.5 Å². The summed E-state index contributed by atoms with van der Waals surface area (Å²) in [5.74, 6) is 10.1. The number of aromatic hydroxyl groups is 2. The van der Waals surface area contributed by atoms with Gasteiger partial charge in [0.25, 0.3) is 0 Å². The molecule has 2 fully saturated rings. The Morgan fingerprint density at radius 2 is 0.750 bits per heavy atom. The second kappa shape index (κ2) is 34.0. The van der Waals surface area contributed by atoms with Gasteiger partial charge < -0.3 is 38.6 Å². The van der Waals surface area contributed by atoms with Crippen LogP contribution in [0.3, 0.4) is 0 Å². The predicted molar refractivity (Wildman–Crippen MR) is 400 cm³/mol. The number of rotatable bonds is 30. The van der Waals surface area contributed by atoms with E-state index in [1.807, 2.05) is 12.1 Å². The van der Waals surface area contributed by atoms with E-state index in [4.69, 9.17) is 28.4 Å². The van der Waals surface area contributed by atoms with E-state index >= 15 is 0 Å². The fourth-order valence-corrected chi connectivity index (χ4v) is 16.5. The minimum Gasteiger partial charge on any atom is -0.508 e. The first kappa shape index (κ1) is 74.0. The number of hydrogen-bond acceptors (Lipinski definition) is 8. The van der Waals surface area contributed by atoms with Gasteiger partial charge in [0.1, 0.15) is 83.6 Å². The number of fused-ring (bicyclic) bond motifs is 6.